The lowest BCUT2D eigenvalue weighted by Crippen LogP contribution is -2.47. The standard InChI is InChI=1S/C30H41FN2O7/c1-9-18(4)26(30(36)39-20(6)25(17(2)3)22-11-10-21(31)16-19(22)5)33-29(35)27-28(23(38-8)12-14-32-27)40-24(34)13-15-37-7/h10-12,14,16-18,20,25-26H,9,13,15H2,1-8H3,(H,33,35)/t18-,20-,25+,26-/m0/s1. The largest absolute Gasteiger partial charge is 0.493 e. The molecule has 0 aliphatic rings. The molecule has 1 aromatic heterocycles. The molecule has 1 N–H and O–H groups in total. The summed E-state index contributed by atoms with van der Waals surface area (Å²) in [7, 11) is 2.83. The van der Waals surface area contributed by atoms with Gasteiger partial charge in [-0.3, -0.25) is 9.59 Å². The number of carbonyl (C=O) groups is 3. The van der Waals surface area contributed by atoms with Crippen molar-refractivity contribution in [2.24, 2.45) is 11.8 Å². The Balaban J connectivity index is 2.32. The molecule has 220 valence electrons. The van der Waals surface area contributed by atoms with Gasteiger partial charge in [0.2, 0.25) is 5.75 Å². The molecule has 0 saturated heterocycles. The molecule has 0 unspecified atom stereocenters. The van der Waals surface area contributed by atoms with Gasteiger partial charge < -0.3 is 24.3 Å². The van der Waals surface area contributed by atoms with Crippen molar-refractivity contribution < 1.29 is 37.7 Å². The first kappa shape index (κ1) is 32.7. The van der Waals surface area contributed by atoms with E-state index in [9.17, 15) is 18.8 Å². The first-order valence-electron chi connectivity index (χ1n) is 13.4. The zero-order chi connectivity index (χ0) is 30.0. The number of ether oxygens (including phenoxy) is 4. The number of aryl methyl sites for hydroxylation is 1. The minimum absolute atomic E-state index is 0.0418. The van der Waals surface area contributed by atoms with Gasteiger partial charge in [0, 0.05) is 25.3 Å². The molecule has 9 nitrogen and oxygen atoms in total. The van der Waals surface area contributed by atoms with Crippen LogP contribution in [0.4, 0.5) is 4.39 Å². The molecular weight excluding hydrogens is 519 g/mol. The Hall–Kier alpha value is -3.53. The van der Waals surface area contributed by atoms with Gasteiger partial charge in [0.05, 0.1) is 20.1 Å². The highest BCUT2D eigenvalue weighted by molar-refractivity contribution is 5.98. The van der Waals surface area contributed by atoms with Crippen molar-refractivity contribution >= 4 is 17.8 Å². The van der Waals surface area contributed by atoms with Gasteiger partial charge in [-0.2, -0.15) is 0 Å². The van der Waals surface area contributed by atoms with Crippen LogP contribution in [0.25, 0.3) is 0 Å². The molecule has 0 radical (unpaired) electrons. The molecule has 0 fully saturated rings. The van der Waals surface area contributed by atoms with E-state index in [1.165, 1.54) is 38.6 Å². The third-order valence-electron chi connectivity index (χ3n) is 6.90. The van der Waals surface area contributed by atoms with Crippen molar-refractivity contribution in [3.8, 4) is 11.5 Å². The number of hydrogen-bond acceptors (Lipinski definition) is 8. The van der Waals surface area contributed by atoms with E-state index in [-0.39, 0.29) is 53.8 Å². The van der Waals surface area contributed by atoms with Crippen LogP contribution in [0.1, 0.15) is 75.0 Å². The summed E-state index contributed by atoms with van der Waals surface area (Å²) in [6.45, 7) is 11.5. The summed E-state index contributed by atoms with van der Waals surface area (Å²) in [6, 6.07) is 5.03. The van der Waals surface area contributed by atoms with Crippen molar-refractivity contribution in [1.29, 1.82) is 0 Å². The second kappa shape index (κ2) is 15.3. The molecule has 0 spiro atoms. The topological polar surface area (TPSA) is 113 Å². The summed E-state index contributed by atoms with van der Waals surface area (Å²) in [6.07, 6.45) is 1.31. The van der Waals surface area contributed by atoms with Gasteiger partial charge in [-0.15, -0.1) is 0 Å². The Labute approximate surface area is 235 Å². The quantitative estimate of drug-likeness (QED) is 0.322. The van der Waals surface area contributed by atoms with Gasteiger partial charge in [0.1, 0.15) is 18.0 Å². The van der Waals surface area contributed by atoms with Gasteiger partial charge in [-0.25, -0.2) is 14.2 Å². The van der Waals surface area contributed by atoms with Gasteiger partial charge in [0.25, 0.3) is 5.91 Å². The lowest BCUT2D eigenvalue weighted by Gasteiger charge is -2.31. The highest BCUT2D eigenvalue weighted by Gasteiger charge is 2.34. The fourth-order valence-electron chi connectivity index (χ4n) is 4.58. The van der Waals surface area contributed by atoms with Crippen LogP contribution in [-0.2, 0) is 19.1 Å². The molecule has 1 amide bonds. The minimum atomic E-state index is -1.01. The third kappa shape index (κ3) is 8.48. The summed E-state index contributed by atoms with van der Waals surface area (Å²) in [5, 5.41) is 2.73. The maximum Gasteiger partial charge on any atom is 0.329 e. The molecule has 4 atom stereocenters. The van der Waals surface area contributed by atoms with Crippen LogP contribution in [0.15, 0.2) is 30.5 Å². The van der Waals surface area contributed by atoms with Gasteiger partial charge in [-0.05, 0) is 48.9 Å². The Kier molecular flexibility index (Phi) is 12.5. The number of rotatable bonds is 14. The lowest BCUT2D eigenvalue weighted by molar-refractivity contribution is -0.153. The number of nitrogens with one attached hydrogen (secondary N) is 1. The fraction of sp³-hybridized carbons (Fsp3) is 0.533. The van der Waals surface area contributed by atoms with Crippen molar-refractivity contribution in [3.05, 3.63) is 53.1 Å². The van der Waals surface area contributed by atoms with Crippen molar-refractivity contribution in [2.75, 3.05) is 20.8 Å². The maximum atomic E-state index is 13.7. The average molecular weight is 561 g/mol. The van der Waals surface area contributed by atoms with Crippen LogP contribution >= 0.6 is 0 Å². The number of pyridine rings is 1. The minimum Gasteiger partial charge on any atom is -0.493 e. The number of amides is 1. The van der Waals surface area contributed by atoms with E-state index >= 15 is 0 Å². The number of hydrogen-bond donors (Lipinski definition) is 1. The Morgan fingerprint density at radius 1 is 1.07 bits per heavy atom. The zero-order valence-corrected chi connectivity index (χ0v) is 24.6. The van der Waals surface area contributed by atoms with E-state index < -0.39 is 30.0 Å². The van der Waals surface area contributed by atoms with E-state index in [1.54, 1.807) is 13.0 Å². The molecule has 10 heteroatoms. The number of methoxy groups -OCH3 is 2. The SMILES string of the molecule is CC[C@H](C)[C@H](NC(=O)c1nccc(OC)c1OC(=O)CCOC)C(=O)O[C@@H](C)[C@H](c1ccc(F)cc1C)C(C)C. The molecule has 2 aromatic rings. The summed E-state index contributed by atoms with van der Waals surface area (Å²) >= 11 is 0. The fourth-order valence-corrected chi connectivity index (χ4v) is 4.58. The second-order valence-electron chi connectivity index (χ2n) is 10.2. The molecule has 0 aliphatic carbocycles. The third-order valence-corrected chi connectivity index (χ3v) is 6.90. The number of nitrogens with zero attached hydrogens (tertiary/aromatic N) is 1. The summed E-state index contributed by atoms with van der Waals surface area (Å²) in [4.78, 5) is 43.3. The van der Waals surface area contributed by atoms with E-state index in [0.717, 1.165) is 11.1 Å². The molecule has 0 aliphatic heterocycles. The number of halogens is 1. The van der Waals surface area contributed by atoms with Crippen molar-refractivity contribution in [2.45, 2.75) is 72.4 Å². The van der Waals surface area contributed by atoms with Gasteiger partial charge in [-0.1, -0.05) is 40.2 Å². The Bertz CT molecular complexity index is 1170. The molecule has 0 saturated carbocycles. The smallest absolute Gasteiger partial charge is 0.329 e. The average Bonchev–Trinajstić information content (AvgIpc) is 2.91. The molecule has 1 aromatic carbocycles. The molecular formula is C30H41FN2O7. The van der Waals surface area contributed by atoms with Crippen LogP contribution in [0.5, 0.6) is 11.5 Å². The van der Waals surface area contributed by atoms with Crippen LogP contribution in [0.3, 0.4) is 0 Å². The molecule has 2 rings (SSSR count). The predicted molar refractivity (Wildman–Crippen MR) is 148 cm³/mol. The zero-order valence-electron chi connectivity index (χ0n) is 24.6. The second-order valence-corrected chi connectivity index (χ2v) is 10.2. The van der Waals surface area contributed by atoms with Crippen LogP contribution in [0, 0.1) is 24.6 Å². The maximum absolute atomic E-state index is 13.7. The summed E-state index contributed by atoms with van der Waals surface area (Å²) in [5.74, 6) is -2.72. The molecule has 1 heterocycles. The highest BCUT2D eigenvalue weighted by Crippen LogP contribution is 2.33. The first-order valence-corrected chi connectivity index (χ1v) is 13.4. The van der Waals surface area contributed by atoms with E-state index in [2.05, 4.69) is 10.3 Å². The number of benzene rings is 1. The van der Waals surface area contributed by atoms with Crippen LogP contribution < -0.4 is 14.8 Å². The summed E-state index contributed by atoms with van der Waals surface area (Å²) < 4.78 is 35.3. The van der Waals surface area contributed by atoms with Gasteiger partial charge in [0.15, 0.2) is 11.4 Å². The van der Waals surface area contributed by atoms with E-state index in [0.29, 0.717) is 6.42 Å². The Morgan fingerprint density at radius 2 is 1.77 bits per heavy atom. The van der Waals surface area contributed by atoms with Crippen LogP contribution in [0.2, 0.25) is 0 Å². The Morgan fingerprint density at radius 3 is 2.35 bits per heavy atom. The van der Waals surface area contributed by atoms with Crippen LogP contribution in [-0.4, -0.2) is 55.8 Å². The van der Waals surface area contributed by atoms with E-state index in [4.69, 9.17) is 18.9 Å². The monoisotopic (exact) mass is 560 g/mol. The molecule has 40 heavy (non-hydrogen) atoms. The number of carbonyl (C=O) groups excluding carboxylic acids is 3. The van der Waals surface area contributed by atoms with Crippen molar-refractivity contribution in [3.63, 3.8) is 0 Å². The number of aromatic nitrogens is 1. The van der Waals surface area contributed by atoms with Crippen molar-refractivity contribution in [1.82, 2.24) is 10.3 Å². The normalized spacial score (nSPS) is 14.2. The van der Waals surface area contributed by atoms with E-state index in [1.807, 2.05) is 34.6 Å². The first-order chi connectivity index (χ1) is 18.9. The summed E-state index contributed by atoms with van der Waals surface area (Å²) in [5.41, 5.74) is 1.45. The highest BCUT2D eigenvalue weighted by atomic mass is 19.1. The molecule has 0 bridgehead atoms. The predicted octanol–water partition coefficient (Wildman–Crippen LogP) is 5.00. The lowest BCUT2D eigenvalue weighted by atomic mass is 9.82. The number of esters is 2. The van der Waals surface area contributed by atoms with Gasteiger partial charge >= 0.3 is 11.9 Å².